The van der Waals surface area contributed by atoms with Crippen molar-refractivity contribution in [2.24, 2.45) is 4.99 Å². The van der Waals surface area contributed by atoms with Crippen LogP contribution in [0.4, 0.5) is 0 Å². The number of aliphatic imine (C=N–C) groups is 1. The van der Waals surface area contributed by atoms with E-state index in [9.17, 15) is 4.79 Å². The Morgan fingerprint density at radius 1 is 1.37 bits per heavy atom. The largest absolute Gasteiger partial charge is 0.372 e. The third-order valence-corrected chi connectivity index (χ3v) is 3.48. The lowest BCUT2D eigenvalue weighted by Crippen LogP contribution is -2.22. The summed E-state index contributed by atoms with van der Waals surface area (Å²) in [6, 6.07) is 6.18. The van der Waals surface area contributed by atoms with Crippen molar-refractivity contribution in [1.29, 1.82) is 0 Å². The van der Waals surface area contributed by atoms with Gasteiger partial charge in [-0.1, -0.05) is 32.9 Å². The highest BCUT2D eigenvalue weighted by Gasteiger charge is 2.19. The predicted molar refractivity (Wildman–Crippen MR) is 79.1 cm³/mol. The van der Waals surface area contributed by atoms with Crippen LogP contribution in [-0.2, 0) is 5.41 Å². The summed E-state index contributed by atoms with van der Waals surface area (Å²) in [5.74, 6) is 0.974. The predicted octanol–water partition coefficient (Wildman–Crippen LogP) is 2.87. The summed E-state index contributed by atoms with van der Waals surface area (Å²) in [6.45, 7) is 10.1. The van der Waals surface area contributed by atoms with Crippen molar-refractivity contribution in [2.45, 2.75) is 39.5 Å². The smallest absolute Gasteiger partial charge is 0.170 e. The fraction of sp³-hybridized carbons (Fsp3) is 0.500. The summed E-state index contributed by atoms with van der Waals surface area (Å²) >= 11 is 0. The van der Waals surface area contributed by atoms with Gasteiger partial charge in [0.1, 0.15) is 5.84 Å². The van der Waals surface area contributed by atoms with E-state index in [1.165, 1.54) is 5.56 Å². The number of benzene rings is 1. The molecule has 19 heavy (non-hydrogen) atoms. The number of amidine groups is 1. The molecule has 3 nitrogen and oxygen atoms in total. The topological polar surface area (TPSA) is 41.5 Å². The van der Waals surface area contributed by atoms with E-state index in [1.54, 1.807) is 0 Å². The monoisotopic (exact) mass is 258 g/mol. The molecule has 0 radical (unpaired) electrons. The van der Waals surface area contributed by atoms with Gasteiger partial charge in [-0.3, -0.25) is 9.79 Å². The van der Waals surface area contributed by atoms with E-state index < -0.39 is 0 Å². The highest BCUT2D eigenvalue weighted by atomic mass is 16.1. The van der Waals surface area contributed by atoms with Crippen LogP contribution < -0.4 is 5.32 Å². The van der Waals surface area contributed by atoms with Crippen LogP contribution in [0, 0.1) is 6.92 Å². The Bertz CT molecular complexity index is 524. The quantitative estimate of drug-likeness (QED) is 0.847. The molecular formula is C16H22N2O. The summed E-state index contributed by atoms with van der Waals surface area (Å²) in [5.41, 5.74) is 3.12. The number of nitrogens with one attached hydrogen (secondary N) is 1. The molecule has 2 rings (SSSR count). The molecule has 0 aromatic heterocycles. The lowest BCUT2D eigenvalue weighted by atomic mass is 9.84. The average molecular weight is 258 g/mol. The van der Waals surface area contributed by atoms with Gasteiger partial charge in [0.25, 0.3) is 0 Å². The van der Waals surface area contributed by atoms with Crippen LogP contribution >= 0.6 is 0 Å². The number of hydrogen-bond acceptors (Lipinski definition) is 3. The molecule has 0 fully saturated rings. The second kappa shape index (κ2) is 5.16. The zero-order valence-corrected chi connectivity index (χ0v) is 12.2. The molecule has 1 aromatic carbocycles. The first kappa shape index (κ1) is 13.8. The molecule has 1 aliphatic rings. The highest BCUT2D eigenvalue weighted by molar-refractivity contribution is 6.10. The van der Waals surface area contributed by atoms with Gasteiger partial charge in [0, 0.05) is 12.1 Å². The van der Waals surface area contributed by atoms with E-state index in [2.05, 4.69) is 37.1 Å². The van der Waals surface area contributed by atoms with Crippen LogP contribution in [0.15, 0.2) is 23.2 Å². The number of carbonyl (C=O) groups excluding carboxylic acids is 1. The van der Waals surface area contributed by atoms with Crippen molar-refractivity contribution in [2.75, 3.05) is 13.1 Å². The summed E-state index contributed by atoms with van der Waals surface area (Å²) in [6.07, 6.45) is 0.383. The highest BCUT2D eigenvalue weighted by Crippen LogP contribution is 2.25. The Hall–Kier alpha value is -1.64. The van der Waals surface area contributed by atoms with E-state index in [0.717, 1.165) is 30.1 Å². The van der Waals surface area contributed by atoms with Crippen LogP contribution in [0.2, 0.25) is 0 Å². The molecule has 1 aromatic rings. The second-order valence-electron chi connectivity index (χ2n) is 6.13. The van der Waals surface area contributed by atoms with E-state index >= 15 is 0 Å². The normalized spacial score (nSPS) is 15.1. The maximum absolute atomic E-state index is 12.4. The Morgan fingerprint density at radius 2 is 2.11 bits per heavy atom. The maximum Gasteiger partial charge on any atom is 0.170 e. The minimum atomic E-state index is 0.0614. The van der Waals surface area contributed by atoms with Gasteiger partial charge in [-0.25, -0.2) is 0 Å². The Morgan fingerprint density at radius 3 is 2.68 bits per heavy atom. The third kappa shape index (κ3) is 3.22. The minimum absolute atomic E-state index is 0.0614. The van der Waals surface area contributed by atoms with Crippen LogP contribution in [0.1, 0.15) is 48.7 Å². The molecule has 1 aliphatic heterocycles. The van der Waals surface area contributed by atoms with Crippen molar-refractivity contribution >= 4 is 11.6 Å². The average Bonchev–Trinajstić information content (AvgIpc) is 2.80. The van der Waals surface area contributed by atoms with Crippen molar-refractivity contribution in [3.63, 3.8) is 0 Å². The first-order valence-corrected chi connectivity index (χ1v) is 6.79. The maximum atomic E-state index is 12.4. The molecule has 0 atom stereocenters. The van der Waals surface area contributed by atoms with E-state index in [1.807, 2.05) is 19.1 Å². The molecule has 0 spiro atoms. The number of Topliss-reactive ketones (excluding diaryl/α,β-unsaturated/α-hetero) is 1. The number of rotatable bonds is 3. The summed E-state index contributed by atoms with van der Waals surface area (Å²) < 4.78 is 0. The Kier molecular flexibility index (Phi) is 3.74. The first-order chi connectivity index (χ1) is 8.88. The zero-order chi connectivity index (χ0) is 14.0. The number of ketones is 1. The van der Waals surface area contributed by atoms with Gasteiger partial charge in [-0.05, 0) is 29.5 Å². The van der Waals surface area contributed by atoms with Gasteiger partial charge < -0.3 is 5.32 Å². The van der Waals surface area contributed by atoms with Crippen LogP contribution in [0.3, 0.4) is 0 Å². The molecule has 102 valence electrons. The lowest BCUT2D eigenvalue weighted by Gasteiger charge is -2.20. The molecule has 0 saturated heterocycles. The SMILES string of the molecule is Cc1ccc(C(C)(C)C)cc1C(=O)CC1=NCCN1. The lowest BCUT2D eigenvalue weighted by molar-refractivity contribution is 0.0999. The molecule has 0 bridgehead atoms. The van der Waals surface area contributed by atoms with E-state index in [-0.39, 0.29) is 11.2 Å². The molecule has 1 N–H and O–H groups in total. The molecule has 3 heteroatoms. The second-order valence-corrected chi connectivity index (χ2v) is 6.13. The Labute approximate surface area is 115 Å². The van der Waals surface area contributed by atoms with Gasteiger partial charge in [0.05, 0.1) is 13.0 Å². The number of aryl methyl sites for hydroxylation is 1. The van der Waals surface area contributed by atoms with Gasteiger partial charge in [0.2, 0.25) is 0 Å². The van der Waals surface area contributed by atoms with Gasteiger partial charge >= 0.3 is 0 Å². The number of nitrogens with zero attached hydrogens (tertiary/aromatic N) is 1. The van der Waals surface area contributed by atoms with Crippen molar-refractivity contribution < 1.29 is 4.79 Å². The molecule has 0 aliphatic carbocycles. The van der Waals surface area contributed by atoms with Gasteiger partial charge in [-0.15, -0.1) is 0 Å². The van der Waals surface area contributed by atoms with Crippen molar-refractivity contribution in [3.8, 4) is 0 Å². The molecule has 1 heterocycles. The molecular weight excluding hydrogens is 236 g/mol. The van der Waals surface area contributed by atoms with Crippen LogP contribution in [0.25, 0.3) is 0 Å². The number of carbonyl (C=O) groups is 1. The standard InChI is InChI=1S/C16H22N2O/c1-11-5-6-12(16(2,3)4)9-13(11)14(19)10-15-17-7-8-18-15/h5-6,9H,7-8,10H2,1-4H3,(H,17,18). The van der Waals surface area contributed by atoms with Gasteiger partial charge in [0.15, 0.2) is 5.78 Å². The summed E-state index contributed by atoms with van der Waals surface area (Å²) in [7, 11) is 0. The first-order valence-electron chi connectivity index (χ1n) is 6.79. The van der Waals surface area contributed by atoms with E-state index in [0.29, 0.717) is 6.42 Å². The third-order valence-electron chi connectivity index (χ3n) is 3.48. The van der Waals surface area contributed by atoms with Crippen molar-refractivity contribution in [1.82, 2.24) is 5.32 Å². The number of hydrogen-bond donors (Lipinski definition) is 1. The van der Waals surface area contributed by atoms with Crippen molar-refractivity contribution in [3.05, 3.63) is 34.9 Å². The fourth-order valence-electron chi connectivity index (χ4n) is 2.20. The fourth-order valence-corrected chi connectivity index (χ4v) is 2.20. The molecule has 0 amide bonds. The minimum Gasteiger partial charge on any atom is -0.372 e. The molecule has 0 unspecified atom stereocenters. The van der Waals surface area contributed by atoms with Crippen LogP contribution in [-0.4, -0.2) is 24.7 Å². The van der Waals surface area contributed by atoms with Gasteiger partial charge in [-0.2, -0.15) is 0 Å². The zero-order valence-electron chi connectivity index (χ0n) is 12.2. The van der Waals surface area contributed by atoms with Crippen LogP contribution in [0.5, 0.6) is 0 Å². The summed E-state index contributed by atoms with van der Waals surface area (Å²) in [4.78, 5) is 16.7. The summed E-state index contributed by atoms with van der Waals surface area (Å²) in [5, 5.41) is 3.15. The Balaban J connectivity index is 2.25. The van der Waals surface area contributed by atoms with E-state index in [4.69, 9.17) is 0 Å². The molecule has 0 saturated carbocycles.